The van der Waals surface area contributed by atoms with Crippen LogP contribution in [0.2, 0.25) is 0 Å². The van der Waals surface area contributed by atoms with E-state index in [0.717, 1.165) is 22.6 Å². The molecule has 2 aliphatic rings. The van der Waals surface area contributed by atoms with Crippen LogP contribution in [-0.4, -0.2) is 31.2 Å². The lowest BCUT2D eigenvalue weighted by Crippen LogP contribution is -2.38. The van der Waals surface area contributed by atoms with E-state index < -0.39 is 5.92 Å². The first-order valence-electron chi connectivity index (χ1n) is 10.2. The molecular weight excluding hydrogens is 398 g/mol. The van der Waals surface area contributed by atoms with E-state index in [2.05, 4.69) is 0 Å². The zero-order valence-corrected chi connectivity index (χ0v) is 18.2. The van der Waals surface area contributed by atoms with Crippen LogP contribution in [0.25, 0.3) is 0 Å². The number of esters is 1. The quantitative estimate of drug-likeness (QED) is 0.642. The summed E-state index contributed by atoms with van der Waals surface area (Å²) in [6, 6.07) is 9.86. The van der Waals surface area contributed by atoms with E-state index in [9.17, 15) is 9.59 Å². The largest absolute Gasteiger partial charge is 0.497 e. The number of rotatable bonds is 5. The van der Waals surface area contributed by atoms with E-state index in [1.165, 1.54) is 0 Å². The number of aliphatic imine (C=N–C) groups is 1. The Bertz CT molecular complexity index is 1000. The fraction of sp³-hybridized carbons (Fsp3) is 0.375. The number of ether oxygens (including phenoxy) is 2. The van der Waals surface area contributed by atoms with Crippen molar-refractivity contribution in [2.45, 2.75) is 38.5 Å². The first-order valence-corrected chi connectivity index (χ1v) is 11.1. The molecule has 1 unspecified atom stereocenters. The van der Waals surface area contributed by atoms with Crippen LogP contribution in [0.1, 0.15) is 49.7 Å². The zero-order chi connectivity index (χ0) is 21.3. The number of thiophene rings is 1. The third-order valence-electron chi connectivity index (χ3n) is 5.92. The Morgan fingerprint density at radius 1 is 1.17 bits per heavy atom. The fourth-order valence-corrected chi connectivity index (χ4v) is 5.22. The van der Waals surface area contributed by atoms with Crippen molar-refractivity contribution in [2.24, 2.45) is 10.9 Å². The van der Waals surface area contributed by atoms with Crippen LogP contribution in [0.3, 0.4) is 0 Å². The summed E-state index contributed by atoms with van der Waals surface area (Å²) in [7, 11) is 1.64. The number of benzene rings is 1. The first kappa shape index (κ1) is 20.5. The normalized spacial score (nSPS) is 23.6. The van der Waals surface area contributed by atoms with Crippen LogP contribution >= 0.6 is 11.3 Å². The van der Waals surface area contributed by atoms with Crippen molar-refractivity contribution in [3.63, 3.8) is 0 Å². The van der Waals surface area contributed by atoms with Crippen LogP contribution in [0.4, 0.5) is 0 Å². The van der Waals surface area contributed by atoms with Crippen LogP contribution in [-0.2, 0) is 14.3 Å². The van der Waals surface area contributed by atoms with Gasteiger partial charge in [-0.15, -0.1) is 0 Å². The molecule has 0 N–H and O–H groups in total. The Labute approximate surface area is 180 Å². The molecule has 156 valence electrons. The van der Waals surface area contributed by atoms with Crippen LogP contribution in [0.15, 0.2) is 57.4 Å². The maximum Gasteiger partial charge on any atom is 0.315 e. The number of ketones is 1. The number of hydrogen-bond donors (Lipinski definition) is 0. The molecule has 0 saturated carbocycles. The molecule has 1 aromatic carbocycles. The summed E-state index contributed by atoms with van der Waals surface area (Å²) in [5.41, 5.74) is 4.29. The number of hydrogen-bond acceptors (Lipinski definition) is 6. The molecule has 2 aromatic rings. The molecule has 2 heterocycles. The van der Waals surface area contributed by atoms with Crippen molar-refractivity contribution >= 4 is 28.8 Å². The summed E-state index contributed by atoms with van der Waals surface area (Å²) < 4.78 is 10.6. The molecule has 0 fully saturated rings. The highest BCUT2D eigenvalue weighted by Crippen LogP contribution is 2.47. The molecule has 0 saturated heterocycles. The Balaban J connectivity index is 1.73. The molecule has 1 aliphatic heterocycles. The Hall–Kier alpha value is -2.73. The second-order valence-corrected chi connectivity index (χ2v) is 8.46. The first-order chi connectivity index (χ1) is 14.5. The molecule has 5 nitrogen and oxygen atoms in total. The standard InChI is InChI=1S/C24H25NO4S/c1-4-29-24(27)21-14(2)25-19-11-17(15-5-7-18(28-3)8-6-15)12-20(26)23(19)22(21)16-9-10-30-13-16/h5-10,13,17,21-22H,4,11-12H2,1-3H3/t17-,21?,22+/m1/s1. The third-order valence-corrected chi connectivity index (χ3v) is 6.62. The summed E-state index contributed by atoms with van der Waals surface area (Å²) in [5.74, 6) is -0.264. The Morgan fingerprint density at radius 2 is 1.93 bits per heavy atom. The van der Waals surface area contributed by atoms with Gasteiger partial charge >= 0.3 is 5.97 Å². The maximum atomic E-state index is 13.4. The summed E-state index contributed by atoms with van der Waals surface area (Å²) in [4.78, 5) is 30.9. The highest BCUT2D eigenvalue weighted by molar-refractivity contribution is 7.08. The number of carbonyl (C=O) groups excluding carboxylic acids is 2. The minimum Gasteiger partial charge on any atom is -0.497 e. The van der Waals surface area contributed by atoms with E-state index in [0.29, 0.717) is 30.7 Å². The monoisotopic (exact) mass is 423 g/mol. The Kier molecular flexibility index (Phi) is 5.86. The highest BCUT2D eigenvalue weighted by atomic mass is 32.1. The number of carbonyl (C=O) groups is 2. The zero-order valence-electron chi connectivity index (χ0n) is 17.4. The minimum atomic E-state index is -0.556. The summed E-state index contributed by atoms with van der Waals surface area (Å²) >= 11 is 1.57. The molecular formula is C24H25NO4S. The van der Waals surface area contributed by atoms with Gasteiger partial charge in [0.05, 0.1) is 13.7 Å². The number of nitrogens with zero attached hydrogens (tertiary/aromatic N) is 1. The van der Waals surface area contributed by atoms with Gasteiger partial charge in [0.25, 0.3) is 0 Å². The van der Waals surface area contributed by atoms with Crippen LogP contribution in [0, 0.1) is 5.92 Å². The SMILES string of the molecule is CCOC(=O)C1C(C)=NC2=C(C(=O)C[C@H](c3ccc(OC)cc3)C2)[C@H]1c1ccsc1. The van der Waals surface area contributed by atoms with Crippen molar-refractivity contribution < 1.29 is 19.1 Å². The van der Waals surface area contributed by atoms with Gasteiger partial charge in [0, 0.05) is 29.3 Å². The van der Waals surface area contributed by atoms with Gasteiger partial charge in [-0.2, -0.15) is 11.3 Å². The fourth-order valence-electron chi connectivity index (χ4n) is 4.52. The van der Waals surface area contributed by atoms with E-state index in [1.54, 1.807) is 25.4 Å². The van der Waals surface area contributed by atoms with Gasteiger partial charge < -0.3 is 9.47 Å². The second-order valence-electron chi connectivity index (χ2n) is 7.68. The lowest BCUT2D eigenvalue weighted by Gasteiger charge is -2.36. The lowest BCUT2D eigenvalue weighted by atomic mass is 9.70. The van der Waals surface area contributed by atoms with E-state index in [4.69, 9.17) is 14.5 Å². The topological polar surface area (TPSA) is 65.0 Å². The number of allylic oxidation sites excluding steroid dienone is 2. The van der Waals surface area contributed by atoms with Crippen molar-refractivity contribution in [3.8, 4) is 5.75 Å². The van der Waals surface area contributed by atoms with Crippen molar-refractivity contribution in [1.29, 1.82) is 0 Å². The molecule has 6 heteroatoms. The summed E-state index contributed by atoms with van der Waals surface area (Å²) in [6.45, 7) is 3.97. The van der Waals surface area contributed by atoms with Crippen molar-refractivity contribution in [1.82, 2.24) is 0 Å². The molecule has 4 rings (SSSR count). The van der Waals surface area contributed by atoms with Crippen LogP contribution in [0.5, 0.6) is 5.75 Å². The third kappa shape index (κ3) is 3.72. The predicted molar refractivity (Wildman–Crippen MR) is 117 cm³/mol. The van der Waals surface area contributed by atoms with Crippen LogP contribution < -0.4 is 4.74 Å². The average Bonchev–Trinajstić information content (AvgIpc) is 3.27. The molecule has 3 atom stereocenters. The second kappa shape index (κ2) is 8.56. The van der Waals surface area contributed by atoms with Crippen molar-refractivity contribution in [3.05, 3.63) is 63.5 Å². The Morgan fingerprint density at radius 3 is 2.57 bits per heavy atom. The summed E-state index contributed by atoms with van der Waals surface area (Å²) in [5, 5.41) is 4.00. The molecule has 0 bridgehead atoms. The molecule has 0 amide bonds. The van der Waals surface area contributed by atoms with Gasteiger partial charge in [-0.05, 0) is 66.3 Å². The van der Waals surface area contributed by atoms with Gasteiger partial charge in [0.1, 0.15) is 11.7 Å². The molecule has 1 aliphatic carbocycles. The van der Waals surface area contributed by atoms with E-state index in [1.807, 2.05) is 48.0 Å². The molecule has 0 spiro atoms. The molecule has 1 aromatic heterocycles. The molecule has 0 radical (unpaired) electrons. The highest BCUT2D eigenvalue weighted by Gasteiger charge is 2.44. The van der Waals surface area contributed by atoms with E-state index in [-0.39, 0.29) is 23.6 Å². The molecule has 30 heavy (non-hydrogen) atoms. The lowest BCUT2D eigenvalue weighted by molar-refractivity contribution is -0.146. The smallest absolute Gasteiger partial charge is 0.315 e. The number of Topliss-reactive ketones (excluding diaryl/α,β-unsaturated/α-hetero) is 1. The summed E-state index contributed by atoms with van der Waals surface area (Å²) in [6.07, 6.45) is 1.09. The van der Waals surface area contributed by atoms with Gasteiger partial charge in [-0.1, -0.05) is 12.1 Å². The number of methoxy groups -OCH3 is 1. The van der Waals surface area contributed by atoms with Gasteiger partial charge in [-0.3, -0.25) is 14.6 Å². The van der Waals surface area contributed by atoms with Gasteiger partial charge in [0.2, 0.25) is 0 Å². The minimum absolute atomic E-state index is 0.0683. The van der Waals surface area contributed by atoms with Gasteiger partial charge in [-0.25, -0.2) is 0 Å². The maximum absolute atomic E-state index is 13.4. The van der Waals surface area contributed by atoms with Gasteiger partial charge in [0.15, 0.2) is 5.78 Å². The van der Waals surface area contributed by atoms with Crippen molar-refractivity contribution in [2.75, 3.05) is 13.7 Å². The predicted octanol–water partition coefficient (Wildman–Crippen LogP) is 4.89. The van der Waals surface area contributed by atoms with E-state index >= 15 is 0 Å². The average molecular weight is 424 g/mol.